The van der Waals surface area contributed by atoms with Crippen LogP contribution in [0.5, 0.6) is 5.75 Å². The Morgan fingerprint density at radius 3 is 2.86 bits per heavy atom. The van der Waals surface area contributed by atoms with E-state index in [2.05, 4.69) is 10.3 Å². The Morgan fingerprint density at radius 1 is 1.55 bits per heavy atom. The van der Waals surface area contributed by atoms with Crippen molar-refractivity contribution in [3.8, 4) is 5.75 Å². The quantitative estimate of drug-likeness (QED) is 0.426. The van der Waals surface area contributed by atoms with E-state index in [0.29, 0.717) is 28.0 Å². The van der Waals surface area contributed by atoms with Gasteiger partial charge in [0.1, 0.15) is 11.4 Å². The van der Waals surface area contributed by atoms with Crippen molar-refractivity contribution in [3.05, 3.63) is 23.5 Å². The number of carbonyl (C=O) groups excluding carboxylic acids is 1. The number of nitrogens with one attached hydrogen (secondary N) is 2. The van der Waals surface area contributed by atoms with Gasteiger partial charge in [0.05, 0.1) is 37.7 Å². The van der Waals surface area contributed by atoms with Gasteiger partial charge in [-0.3, -0.25) is 5.41 Å². The molecule has 0 unspecified atom stereocenters. The third kappa shape index (κ3) is 2.80. The SMILES string of the molecule is CCOC(=O)c1c(CNC(=N)N)n(C)c2ncc(OC)cc12. The van der Waals surface area contributed by atoms with Crippen molar-refractivity contribution in [1.29, 1.82) is 5.41 Å². The summed E-state index contributed by atoms with van der Waals surface area (Å²) in [5.41, 5.74) is 7.00. The summed E-state index contributed by atoms with van der Waals surface area (Å²) in [7, 11) is 3.33. The molecule has 0 radical (unpaired) electrons. The van der Waals surface area contributed by atoms with Crippen LogP contribution in [0.1, 0.15) is 23.0 Å². The number of nitrogens with two attached hydrogens (primary N) is 1. The first-order chi connectivity index (χ1) is 10.5. The van der Waals surface area contributed by atoms with E-state index in [1.165, 1.54) is 7.11 Å². The van der Waals surface area contributed by atoms with E-state index in [4.69, 9.17) is 20.6 Å². The van der Waals surface area contributed by atoms with Crippen LogP contribution in [-0.2, 0) is 18.3 Å². The summed E-state index contributed by atoms with van der Waals surface area (Å²) in [5.74, 6) is -0.0659. The van der Waals surface area contributed by atoms with E-state index in [-0.39, 0.29) is 19.1 Å². The summed E-state index contributed by atoms with van der Waals surface area (Å²) in [6, 6.07) is 1.74. The van der Waals surface area contributed by atoms with Crippen molar-refractivity contribution >= 4 is 23.0 Å². The van der Waals surface area contributed by atoms with Gasteiger partial charge in [0, 0.05) is 12.4 Å². The van der Waals surface area contributed by atoms with E-state index in [1.807, 2.05) is 0 Å². The maximum absolute atomic E-state index is 12.3. The molecule has 0 spiro atoms. The summed E-state index contributed by atoms with van der Waals surface area (Å²) in [5, 5.41) is 10.6. The fraction of sp³-hybridized carbons (Fsp3) is 0.357. The summed E-state index contributed by atoms with van der Waals surface area (Å²) < 4.78 is 12.1. The third-order valence-corrected chi connectivity index (χ3v) is 3.28. The van der Waals surface area contributed by atoms with Crippen molar-refractivity contribution in [3.63, 3.8) is 0 Å². The van der Waals surface area contributed by atoms with E-state index < -0.39 is 5.97 Å². The lowest BCUT2D eigenvalue weighted by Crippen LogP contribution is -2.31. The van der Waals surface area contributed by atoms with Gasteiger partial charge in [0.15, 0.2) is 5.96 Å². The molecule has 2 rings (SSSR count). The Labute approximate surface area is 127 Å². The van der Waals surface area contributed by atoms with Gasteiger partial charge in [-0.1, -0.05) is 0 Å². The molecular formula is C14H19N5O3. The molecule has 22 heavy (non-hydrogen) atoms. The lowest BCUT2D eigenvalue weighted by atomic mass is 10.1. The van der Waals surface area contributed by atoms with Crippen LogP contribution < -0.4 is 15.8 Å². The van der Waals surface area contributed by atoms with Gasteiger partial charge < -0.3 is 25.1 Å². The second-order valence-electron chi connectivity index (χ2n) is 4.61. The molecule has 0 aliphatic rings. The van der Waals surface area contributed by atoms with Gasteiger partial charge in [-0.05, 0) is 13.0 Å². The Morgan fingerprint density at radius 2 is 2.27 bits per heavy atom. The number of methoxy groups -OCH3 is 1. The molecule has 0 amide bonds. The molecule has 0 saturated carbocycles. The van der Waals surface area contributed by atoms with Gasteiger partial charge in [-0.15, -0.1) is 0 Å². The van der Waals surface area contributed by atoms with Gasteiger partial charge in [-0.25, -0.2) is 9.78 Å². The fourth-order valence-electron chi connectivity index (χ4n) is 2.27. The normalized spacial score (nSPS) is 10.5. The number of aryl methyl sites for hydroxylation is 1. The molecular weight excluding hydrogens is 286 g/mol. The molecule has 0 aliphatic heterocycles. The van der Waals surface area contributed by atoms with Crippen LogP contribution in [0, 0.1) is 5.41 Å². The van der Waals surface area contributed by atoms with Gasteiger partial charge in [0.25, 0.3) is 0 Å². The van der Waals surface area contributed by atoms with Gasteiger partial charge in [-0.2, -0.15) is 0 Å². The van der Waals surface area contributed by atoms with Crippen molar-refractivity contribution in [2.45, 2.75) is 13.5 Å². The number of carbonyl (C=O) groups is 1. The topological polar surface area (TPSA) is 115 Å². The minimum atomic E-state index is -0.441. The number of rotatable bonds is 5. The molecule has 8 nitrogen and oxygen atoms in total. The highest BCUT2D eigenvalue weighted by atomic mass is 16.5. The summed E-state index contributed by atoms with van der Waals surface area (Å²) in [6.07, 6.45) is 1.58. The first kappa shape index (κ1) is 15.6. The standard InChI is InChI=1S/C14H19N5O3/c1-4-22-13(20)11-9-5-8(21-3)6-17-12(9)19(2)10(11)7-18-14(15)16/h5-6H,4,7H2,1-3H3,(H4,15,16,18). The molecule has 4 N–H and O–H groups in total. The zero-order valence-electron chi connectivity index (χ0n) is 12.8. The predicted molar refractivity (Wildman–Crippen MR) is 82.0 cm³/mol. The maximum Gasteiger partial charge on any atom is 0.340 e. The van der Waals surface area contributed by atoms with Crippen molar-refractivity contribution in [2.75, 3.05) is 13.7 Å². The highest BCUT2D eigenvalue weighted by Gasteiger charge is 2.23. The Kier molecular flexibility index (Phi) is 4.50. The highest BCUT2D eigenvalue weighted by molar-refractivity contribution is 6.05. The largest absolute Gasteiger partial charge is 0.495 e. The Bertz CT molecular complexity index is 723. The van der Waals surface area contributed by atoms with Crippen LogP contribution in [0.2, 0.25) is 0 Å². The first-order valence-electron chi connectivity index (χ1n) is 6.75. The second kappa shape index (κ2) is 6.33. The zero-order chi connectivity index (χ0) is 16.3. The van der Waals surface area contributed by atoms with E-state index in [1.54, 1.807) is 30.8 Å². The number of fused-ring (bicyclic) bond motifs is 1. The van der Waals surface area contributed by atoms with Crippen molar-refractivity contribution < 1.29 is 14.3 Å². The molecule has 118 valence electrons. The van der Waals surface area contributed by atoms with E-state index in [0.717, 1.165) is 0 Å². The predicted octanol–water partition coefficient (Wildman–Crippen LogP) is 0.742. The second-order valence-corrected chi connectivity index (χ2v) is 4.61. The lowest BCUT2D eigenvalue weighted by molar-refractivity contribution is 0.0527. The summed E-state index contributed by atoms with van der Waals surface area (Å²) in [4.78, 5) is 16.6. The summed E-state index contributed by atoms with van der Waals surface area (Å²) >= 11 is 0. The number of hydrogen-bond acceptors (Lipinski definition) is 5. The van der Waals surface area contributed by atoms with Crippen LogP contribution in [0.25, 0.3) is 11.0 Å². The minimum Gasteiger partial charge on any atom is -0.495 e. The molecule has 2 aromatic rings. The van der Waals surface area contributed by atoms with Crippen molar-refractivity contribution in [1.82, 2.24) is 14.9 Å². The van der Waals surface area contributed by atoms with Crippen LogP contribution in [0.4, 0.5) is 0 Å². The molecule has 0 aromatic carbocycles. The number of nitrogens with zero attached hydrogens (tertiary/aromatic N) is 2. The minimum absolute atomic E-state index is 0.175. The average molecular weight is 305 g/mol. The number of hydrogen-bond donors (Lipinski definition) is 3. The molecule has 2 aromatic heterocycles. The number of ether oxygens (including phenoxy) is 2. The smallest absolute Gasteiger partial charge is 0.340 e. The van der Waals surface area contributed by atoms with Crippen LogP contribution in [0.3, 0.4) is 0 Å². The monoisotopic (exact) mass is 305 g/mol. The Balaban J connectivity index is 2.63. The molecule has 0 saturated heterocycles. The number of pyridine rings is 1. The molecule has 2 heterocycles. The van der Waals surface area contributed by atoms with Crippen LogP contribution in [0.15, 0.2) is 12.3 Å². The Hall–Kier alpha value is -2.77. The molecule has 0 fully saturated rings. The van der Waals surface area contributed by atoms with Gasteiger partial charge in [0.2, 0.25) is 0 Å². The highest BCUT2D eigenvalue weighted by Crippen LogP contribution is 2.28. The van der Waals surface area contributed by atoms with E-state index in [9.17, 15) is 4.79 Å². The third-order valence-electron chi connectivity index (χ3n) is 3.28. The molecule has 8 heteroatoms. The summed E-state index contributed by atoms with van der Waals surface area (Å²) in [6.45, 7) is 2.24. The number of esters is 1. The molecule has 0 bridgehead atoms. The van der Waals surface area contributed by atoms with Crippen LogP contribution >= 0.6 is 0 Å². The van der Waals surface area contributed by atoms with Crippen molar-refractivity contribution in [2.24, 2.45) is 12.8 Å². The van der Waals surface area contributed by atoms with E-state index >= 15 is 0 Å². The maximum atomic E-state index is 12.3. The molecule has 0 atom stereocenters. The van der Waals surface area contributed by atoms with Gasteiger partial charge >= 0.3 is 5.97 Å². The average Bonchev–Trinajstić information content (AvgIpc) is 2.77. The van der Waals surface area contributed by atoms with Crippen LogP contribution in [-0.4, -0.2) is 35.2 Å². The first-order valence-corrected chi connectivity index (χ1v) is 6.75. The lowest BCUT2D eigenvalue weighted by Gasteiger charge is -2.08. The number of aromatic nitrogens is 2. The number of guanidine groups is 1. The molecule has 0 aliphatic carbocycles. The zero-order valence-corrected chi connectivity index (χ0v) is 12.8. The fourth-order valence-corrected chi connectivity index (χ4v) is 2.27.